The number of benzene rings is 1. The van der Waals surface area contributed by atoms with Gasteiger partial charge in [0, 0.05) is 18.2 Å². The fourth-order valence-corrected chi connectivity index (χ4v) is 3.78. The van der Waals surface area contributed by atoms with Crippen LogP contribution in [0.15, 0.2) is 48.7 Å². The number of nitro groups is 1. The first kappa shape index (κ1) is 19.7. The summed E-state index contributed by atoms with van der Waals surface area (Å²) in [6.45, 7) is 4.97. The molecule has 0 amide bonds. The topological polar surface area (TPSA) is 117 Å². The Hall–Kier alpha value is -3.60. The third kappa shape index (κ3) is 4.51. The van der Waals surface area contributed by atoms with E-state index in [9.17, 15) is 10.1 Å². The zero-order valence-corrected chi connectivity index (χ0v) is 17.3. The second-order valence-corrected chi connectivity index (χ2v) is 7.95. The number of nitrogens with one attached hydrogen (secondary N) is 1. The number of rotatable bonds is 8. The Morgan fingerprint density at radius 2 is 2.00 bits per heavy atom. The summed E-state index contributed by atoms with van der Waals surface area (Å²) in [4.78, 5) is 10.4. The molecular weight excluding hydrogens is 404 g/mol. The van der Waals surface area contributed by atoms with Gasteiger partial charge in [-0.25, -0.2) is 0 Å². The molecule has 0 spiro atoms. The molecular formula is C19H20N8O2S. The lowest BCUT2D eigenvalue weighted by atomic mass is 10.2. The molecule has 154 valence electrons. The first-order valence-corrected chi connectivity index (χ1v) is 10.2. The molecule has 0 aliphatic heterocycles. The third-order valence-electron chi connectivity index (χ3n) is 4.53. The van der Waals surface area contributed by atoms with Gasteiger partial charge < -0.3 is 15.4 Å². The van der Waals surface area contributed by atoms with Crippen LogP contribution in [0.4, 0.5) is 16.8 Å². The van der Waals surface area contributed by atoms with Crippen LogP contribution in [0.1, 0.15) is 29.1 Å². The minimum atomic E-state index is -0.488. The SMILES string of the molecule is Cc1cc([N+](=O)[O-])nn1C[C@@H](C)c1nnc(Nc2ccn(Cc3ccccc3)n2)s1. The largest absolute Gasteiger partial charge is 0.390 e. The van der Waals surface area contributed by atoms with E-state index in [-0.39, 0.29) is 11.7 Å². The highest BCUT2D eigenvalue weighted by molar-refractivity contribution is 7.15. The van der Waals surface area contributed by atoms with Crippen LogP contribution in [0.2, 0.25) is 0 Å². The van der Waals surface area contributed by atoms with E-state index in [1.807, 2.05) is 42.1 Å². The number of hydrogen-bond acceptors (Lipinski definition) is 8. The van der Waals surface area contributed by atoms with E-state index < -0.39 is 4.92 Å². The molecule has 4 rings (SSSR count). The van der Waals surface area contributed by atoms with Crippen LogP contribution in [0.25, 0.3) is 0 Å². The van der Waals surface area contributed by atoms with Gasteiger partial charge in [0.25, 0.3) is 0 Å². The molecule has 10 nitrogen and oxygen atoms in total. The highest BCUT2D eigenvalue weighted by Crippen LogP contribution is 2.27. The lowest BCUT2D eigenvalue weighted by Gasteiger charge is -2.05. The molecule has 0 saturated carbocycles. The van der Waals surface area contributed by atoms with Crippen LogP contribution in [0, 0.1) is 17.0 Å². The number of anilines is 2. The van der Waals surface area contributed by atoms with Crippen molar-refractivity contribution in [3.63, 3.8) is 0 Å². The van der Waals surface area contributed by atoms with Gasteiger partial charge in [-0.3, -0.25) is 4.68 Å². The van der Waals surface area contributed by atoms with E-state index in [1.165, 1.54) is 23.0 Å². The van der Waals surface area contributed by atoms with Gasteiger partial charge in [0.15, 0.2) is 5.82 Å². The van der Waals surface area contributed by atoms with E-state index in [0.717, 1.165) is 10.7 Å². The Balaban J connectivity index is 1.39. The van der Waals surface area contributed by atoms with Crippen molar-refractivity contribution in [1.29, 1.82) is 0 Å². The normalized spacial score (nSPS) is 12.1. The zero-order chi connectivity index (χ0) is 21.1. The predicted molar refractivity (Wildman–Crippen MR) is 113 cm³/mol. The monoisotopic (exact) mass is 424 g/mol. The average Bonchev–Trinajstić information content (AvgIpc) is 3.45. The van der Waals surface area contributed by atoms with Crippen molar-refractivity contribution in [2.24, 2.45) is 0 Å². The summed E-state index contributed by atoms with van der Waals surface area (Å²) < 4.78 is 3.48. The van der Waals surface area contributed by atoms with E-state index in [2.05, 4.69) is 37.8 Å². The maximum atomic E-state index is 10.9. The van der Waals surface area contributed by atoms with Gasteiger partial charge in [-0.05, 0) is 17.4 Å². The molecule has 0 saturated heterocycles. The summed E-state index contributed by atoms with van der Waals surface area (Å²) in [5, 5.41) is 32.5. The Kier molecular flexibility index (Phi) is 5.53. The van der Waals surface area contributed by atoms with Crippen molar-refractivity contribution in [1.82, 2.24) is 29.8 Å². The molecule has 4 aromatic rings. The molecule has 3 aromatic heterocycles. The molecule has 11 heteroatoms. The number of aryl methyl sites for hydroxylation is 1. The van der Waals surface area contributed by atoms with E-state index in [0.29, 0.717) is 24.0 Å². The van der Waals surface area contributed by atoms with Crippen LogP contribution >= 0.6 is 11.3 Å². The van der Waals surface area contributed by atoms with E-state index in [1.54, 1.807) is 11.6 Å². The van der Waals surface area contributed by atoms with Crippen LogP contribution in [-0.4, -0.2) is 34.7 Å². The number of aromatic nitrogens is 6. The van der Waals surface area contributed by atoms with Gasteiger partial charge in [-0.15, -0.1) is 10.2 Å². The molecule has 1 aromatic carbocycles. The number of nitrogens with zero attached hydrogens (tertiary/aromatic N) is 7. The van der Waals surface area contributed by atoms with Crippen molar-refractivity contribution >= 4 is 28.1 Å². The minimum absolute atomic E-state index is 0.00638. The molecule has 3 heterocycles. The Morgan fingerprint density at radius 1 is 1.20 bits per heavy atom. The van der Waals surface area contributed by atoms with E-state index >= 15 is 0 Å². The molecule has 0 radical (unpaired) electrons. The standard InChI is InChI=1S/C19H20N8O2S/c1-13(11-26-14(2)10-17(24-26)27(28)29)18-21-22-19(30-18)20-16-8-9-25(23-16)12-15-6-4-3-5-7-15/h3-10,13H,11-12H2,1-2H3,(H,20,22,23)/t13-/m1/s1. The van der Waals surface area contributed by atoms with Crippen LogP contribution in [0.5, 0.6) is 0 Å². The minimum Gasteiger partial charge on any atom is -0.358 e. The lowest BCUT2D eigenvalue weighted by Crippen LogP contribution is -2.09. The van der Waals surface area contributed by atoms with Crippen molar-refractivity contribution in [2.45, 2.75) is 32.9 Å². The van der Waals surface area contributed by atoms with Crippen molar-refractivity contribution in [2.75, 3.05) is 5.32 Å². The molecule has 1 N–H and O–H groups in total. The summed E-state index contributed by atoms with van der Waals surface area (Å²) in [5.41, 5.74) is 1.91. The Morgan fingerprint density at radius 3 is 2.73 bits per heavy atom. The predicted octanol–water partition coefficient (Wildman–Crippen LogP) is 3.74. The lowest BCUT2D eigenvalue weighted by molar-refractivity contribution is -0.389. The summed E-state index contributed by atoms with van der Waals surface area (Å²) in [5.74, 6) is 0.553. The molecule has 30 heavy (non-hydrogen) atoms. The molecule has 0 unspecified atom stereocenters. The van der Waals surface area contributed by atoms with Crippen LogP contribution < -0.4 is 5.32 Å². The van der Waals surface area contributed by atoms with Crippen molar-refractivity contribution in [3.05, 3.63) is 75.0 Å². The summed E-state index contributed by atoms with van der Waals surface area (Å²) in [6, 6.07) is 13.5. The van der Waals surface area contributed by atoms with Crippen molar-refractivity contribution < 1.29 is 4.92 Å². The zero-order valence-electron chi connectivity index (χ0n) is 16.5. The summed E-state index contributed by atoms with van der Waals surface area (Å²) in [7, 11) is 0. The highest BCUT2D eigenvalue weighted by Gasteiger charge is 2.20. The second-order valence-electron chi connectivity index (χ2n) is 6.94. The molecule has 0 aliphatic carbocycles. The fraction of sp³-hybridized carbons (Fsp3) is 0.263. The van der Waals surface area contributed by atoms with Gasteiger partial charge in [-0.1, -0.05) is 48.6 Å². The smallest absolute Gasteiger partial charge is 0.358 e. The van der Waals surface area contributed by atoms with Crippen LogP contribution in [-0.2, 0) is 13.1 Å². The summed E-state index contributed by atoms with van der Waals surface area (Å²) in [6.07, 6.45) is 1.91. The van der Waals surface area contributed by atoms with Crippen molar-refractivity contribution in [3.8, 4) is 0 Å². The first-order chi connectivity index (χ1) is 14.5. The molecule has 0 aliphatic rings. The van der Waals surface area contributed by atoms with Gasteiger partial charge in [0.2, 0.25) is 5.13 Å². The van der Waals surface area contributed by atoms with Crippen LogP contribution in [0.3, 0.4) is 0 Å². The average molecular weight is 424 g/mol. The first-order valence-electron chi connectivity index (χ1n) is 9.34. The van der Waals surface area contributed by atoms with Gasteiger partial charge in [-0.2, -0.15) is 9.78 Å². The molecule has 1 atom stereocenters. The third-order valence-corrected chi connectivity index (χ3v) is 5.60. The Labute approximate surface area is 176 Å². The maximum absolute atomic E-state index is 10.9. The highest BCUT2D eigenvalue weighted by atomic mass is 32.1. The maximum Gasteiger partial charge on any atom is 0.390 e. The molecule has 0 bridgehead atoms. The quantitative estimate of drug-likeness (QED) is 0.338. The second kappa shape index (κ2) is 8.41. The Bertz CT molecular complexity index is 1150. The van der Waals surface area contributed by atoms with Gasteiger partial charge in [0.1, 0.15) is 5.01 Å². The summed E-state index contributed by atoms with van der Waals surface area (Å²) >= 11 is 1.43. The van der Waals surface area contributed by atoms with Gasteiger partial charge >= 0.3 is 5.82 Å². The molecule has 0 fully saturated rings. The number of hydrogen-bond donors (Lipinski definition) is 1. The fourth-order valence-electron chi connectivity index (χ4n) is 2.98. The van der Waals surface area contributed by atoms with E-state index in [4.69, 9.17) is 0 Å². The van der Waals surface area contributed by atoms with Gasteiger partial charge in [0.05, 0.1) is 29.9 Å².